The quantitative estimate of drug-likeness (QED) is 0.886. The van der Waals surface area contributed by atoms with Crippen molar-refractivity contribution in [3.05, 3.63) is 29.8 Å². The monoisotopic (exact) mass is 263 g/mol. The van der Waals surface area contributed by atoms with Crippen molar-refractivity contribution in [2.45, 2.75) is 32.3 Å². The Morgan fingerprint density at radius 3 is 3.05 bits per heavy atom. The van der Waals surface area contributed by atoms with Gasteiger partial charge in [0, 0.05) is 13.1 Å². The summed E-state index contributed by atoms with van der Waals surface area (Å²) in [4.78, 5) is 2.39. The van der Waals surface area contributed by atoms with Gasteiger partial charge in [0.25, 0.3) is 0 Å². The second kappa shape index (κ2) is 6.92. The van der Waals surface area contributed by atoms with Gasteiger partial charge in [0.1, 0.15) is 5.75 Å². The van der Waals surface area contributed by atoms with Gasteiger partial charge in [-0.1, -0.05) is 25.5 Å². The molecule has 19 heavy (non-hydrogen) atoms. The highest BCUT2D eigenvalue weighted by atomic mass is 16.5. The second-order valence-electron chi connectivity index (χ2n) is 5.47. The van der Waals surface area contributed by atoms with Crippen LogP contribution in [0.3, 0.4) is 0 Å². The molecule has 1 saturated heterocycles. The second-order valence-corrected chi connectivity index (χ2v) is 5.47. The van der Waals surface area contributed by atoms with Gasteiger partial charge in [0.05, 0.1) is 13.2 Å². The van der Waals surface area contributed by atoms with Crippen LogP contribution in [-0.4, -0.2) is 36.8 Å². The first-order valence-corrected chi connectivity index (χ1v) is 7.27. The molecule has 1 aromatic carbocycles. The molecule has 1 aliphatic heterocycles. The third-order valence-corrected chi connectivity index (χ3v) is 4.09. The largest absolute Gasteiger partial charge is 0.497 e. The van der Waals surface area contributed by atoms with Crippen molar-refractivity contribution >= 4 is 0 Å². The minimum absolute atomic E-state index is 0.425. The number of methoxy groups -OCH3 is 1. The van der Waals surface area contributed by atoms with E-state index in [1.54, 1.807) is 7.11 Å². The average Bonchev–Trinajstić information content (AvgIpc) is 2.47. The van der Waals surface area contributed by atoms with Crippen LogP contribution >= 0.6 is 0 Å². The summed E-state index contributed by atoms with van der Waals surface area (Å²) in [5.41, 5.74) is 0.943. The van der Waals surface area contributed by atoms with Crippen molar-refractivity contribution in [3.8, 4) is 5.75 Å². The van der Waals surface area contributed by atoms with Crippen molar-refractivity contribution in [3.63, 3.8) is 0 Å². The predicted octanol–water partition coefficient (Wildman–Crippen LogP) is 2.85. The molecule has 106 valence electrons. The summed E-state index contributed by atoms with van der Waals surface area (Å²) in [6.45, 7) is 5.21. The van der Waals surface area contributed by atoms with Crippen molar-refractivity contribution in [2.75, 3.05) is 26.7 Å². The van der Waals surface area contributed by atoms with E-state index < -0.39 is 6.10 Å². The van der Waals surface area contributed by atoms with E-state index in [1.807, 2.05) is 24.3 Å². The highest BCUT2D eigenvalue weighted by Crippen LogP contribution is 2.23. The van der Waals surface area contributed by atoms with Crippen molar-refractivity contribution in [1.29, 1.82) is 0 Å². The van der Waals surface area contributed by atoms with E-state index in [9.17, 15) is 5.11 Å². The van der Waals surface area contributed by atoms with Gasteiger partial charge >= 0.3 is 0 Å². The van der Waals surface area contributed by atoms with Gasteiger partial charge in [-0.2, -0.15) is 0 Å². The fourth-order valence-corrected chi connectivity index (χ4v) is 2.85. The van der Waals surface area contributed by atoms with Crippen LogP contribution in [0.4, 0.5) is 0 Å². The maximum atomic E-state index is 10.4. The molecule has 1 heterocycles. The number of rotatable bonds is 5. The minimum atomic E-state index is -0.425. The number of aliphatic hydroxyl groups excluding tert-OH is 1. The van der Waals surface area contributed by atoms with Crippen LogP contribution in [0.15, 0.2) is 24.3 Å². The molecular formula is C16H25NO2. The van der Waals surface area contributed by atoms with Gasteiger partial charge < -0.3 is 14.7 Å². The molecule has 1 aromatic rings. The summed E-state index contributed by atoms with van der Waals surface area (Å²) in [7, 11) is 1.65. The van der Waals surface area contributed by atoms with E-state index in [1.165, 1.54) is 19.3 Å². The number of aliphatic hydroxyl groups is 1. The van der Waals surface area contributed by atoms with E-state index in [0.29, 0.717) is 0 Å². The van der Waals surface area contributed by atoms with E-state index in [-0.39, 0.29) is 0 Å². The smallest absolute Gasteiger partial charge is 0.119 e. The van der Waals surface area contributed by atoms with Crippen LogP contribution in [0.2, 0.25) is 0 Å². The summed E-state index contributed by atoms with van der Waals surface area (Å²) in [5, 5.41) is 10.4. The molecule has 0 spiro atoms. The van der Waals surface area contributed by atoms with E-state index in [4.69, 9.17) is 4.74 Å². The third-order valence-electron chi connectivity index (χ3n) is 4.09. The van der Waals surface area contributed by atoms with Gasteiger partial charge in [-0.15, -0.1) is 0 Å². The first-order valence-electron chi connectivity index (χ1n) is 7.27. The molecule has 0 bridgehead atoms. The molecule has 1 N–H and O–H groups in total. The topological polar surface area (TPSA) is 32.7 Å². The highest BCUT2D eigenvalue weighted by molar-refractivity contribution is 5.29. The van der Waals surface area contributed by atoms with Gasteiger partial charge in [-0.3, -0.25) is 0 Å². The normalized spacial score (nSPS) is 22.2. The Balaban J connectivity index is 1.94. The molecule has 3 nitrogen and oxygen atoms in total. The zero-order valence-electron chi connectivity index (χ0n) is 12.0. The number of benzene rings is 1. The number of likely N-dealkylation sites (tertiary alicyclic amines) is 1. The fourth-order valence-electron chi connectivity index (χ4n) is 2.85. The lowest BCUT2D eigenvalue weighted by molar-refractivity contribution is 0.0835. The summed E-state index contributed by atoms with van der Waals surface area (Å²) in [5.74, 6) is 1.60. The Labute approximate surface area is 116 Å². The molecule has 3 heteroatoms. The Hall–Kier alpha value is -1.06. The molecular weight excluding hydrogens is 238 g/mol. The number of β-amino-alcohol motifs (C(OH)–C–C–N with tert-alkyl or cyclic N) is 1. The lowest BCUT2D eigenvalue weighted by Gasteiger charge is -2.33. The van der Waals surface area contributed by atoms with Crippen LogP contribution in [0.5, 0.6) is 5.75 Å². The molecule has 0 radical (unpaired) electrons. The van der Waals surface area contributed by atoms with Crippen LogP contribution < -0.4 is 4.74 Å². The number of ether oxygens (including phenoxy) is 1. The zero-order chi connectivity index (χ0) is 13.7. The van der Waals surface area contributed by atoms with E-state index in [2.05, 4.69) is 11.8 Å². The maximum absolute atomic E-state index is 10.4. The molecule has 0 aliphatic carbocycles. The number of hydrogen-bond donors (Lipinski definition) is 1. The van der Waals surface area contributed by atoms with Crippen molar-refractivity contribution < 1.29 is 9.84 Å². The molecule has 0 saturated carbocycles. The van der Waals surface area contributed by atoms with Crippen LogP contribution in [0, 0.1) is 5.92 Å². The van der Waals surface area contributed by atoms with E-state index in [0.717, 1.165) is 36.9 Å². The Bertz CT molecular complexity index is 394. The first kappa shape index (κ1) is 14.4. The molecule has 0 amide bonds. The number of piperidine rings is 1. The van der Waals surface area contributed by atoms with Gasteiger partial charge in [0.2, 0.25) is 0 Å². The number of hydrogen-bond acceptors (Lipinski definition) is 3. The molecule has 1 aliphatic rings. The van der Waals surface area contributed by atoms with Crippen LogP contribution in [-0.2, 0) is 0 Å². The molecule has 2 unspecified atom stereocenters. The van der Waals surface area contributed by atoms with Gasteiger partial charge in [-0.05, 0) is 43.0 Å². The predicted molar refractivity (Wildman–Crippen MR) is 77.4 cm³/mol. The zero-order valence-corrected chi connectivity index (χ0v) is 12.0. The van der Waals surface area contributed by atoms with Crippen molar-refractivity contribution in [2.24, 2.45) is 5.92 Å². The standard InChI is InChI=1S/C16H25NO2/c1-3-13-6-5-9-17(11-13)12-16(18)14-7-4-8-15(10-14)19-2/h4,7-8,10,13,16,18H,3,5-6,9,11-12H2,1-2H3. The van der Waals surface area contributed by atoms with Gasteiger partial charge in [0.15, 0.2) is 0 Å². The summed E-state index contributed by atoms with van der Waals surface area (Å²) in [6.07, 6.45) is 3.41. The maximum Gasteiger partial charge on any atom is 0.119 e. The van der Waals surface area contributed by atoms with Crippen LogP contribution in [0.1, 0.15) is 37.9 Å². The summed E-state index contributed by atoms with van der Waals surface area (Å²) in [6, 6.07) is 7.73. The lowest BCUT2D eigenvalue weighted by atomic mass is 9.95. The summed E-state index contributed by atoms with van der Waals surface area (Å²) < 4.78 is 5.20. The highest BCUT2D eigenvalue weighted by Gasteiger charge is 2.21. The van der Waals surface area contributed by atoms with Crippen LogP contribution in [0.25, 0.3) is 0 Å². The first-order chi connectivity index (χ1) is 9.22. The summed E-state index contributed by atoms with van der Waals surface area (Å²) >= 11 is 0. The Kier molecular flexibility index (Phi) is 5.23. The Morgan fingerprint density at radius 1 is 1.47 bits per heavy atom. The molecule has 2 rings (SSSR count). The Morgan fingerprint density at radius 2 is 2.32 bits per heavy atom. The molecule has 0 aromatic heterocycles. The average molecular weight is 263 g/mol. The fraction of sp³-hybridized carbons (Fsp3) is 0.625. The number of nitrogens with zero attached hydrogens (tertiary/aromatic N) is 1. The minimum Gasteiger partial charge on any atom is -0.497 e. The molecule has 1 fully saturated rings. The third kappa shape index (κ3) is 3.95. The van der Waals surface area contributed by atoms with Gasteiger partial charge in [-0.25, -0.2) is 0 Å². The van der Waals surface area contributed by atoms with E-state index >= 15 is 0 Å². The molecule has 2 atom stereocenters. The lowest BCUT2D eigenvalue weighted by Crippen LogP contribution is -2.37. The van der Waals surface area contributed by atoms with Crippen molar-refractivity contribution in [1.82, 2.24) is 4.90 Å². The SMILES string of the molecule is CCC1CCCN(CC(O)c2cccc(OC)c2)C1.